The average molecular weight is 282 g/mol. The highest BCUT2D eigenvalue weighted by molar-refractivity contribution is 5.96. The van der Waals surface area contributed by atoms with E-state index in [1.54, 1.807) is 0 Å². The van der Waals surface area contributed by atoms with Gasteiger partial charge in [-0.3, -0.25) is 9.59 Å². The van der Waals surface area contributed by atoms with E-state index in [9.17, 15) is 18.8 Å². The molecule has 0 saturated heterocycles. The molecule has 0 unspecified atom stereocenters. The number of carboxylic acid groups (broad SMARTS) is 1. The SMILES string of the molecule is Cc1cc(C(=O)N[C@@H](CCC(N)=O)C(=O)O)ccc1F. The van der Waals surface area contributed by atoms with Crippen molar-refractivity contribution in [2.45, 2.75) is 25.8 Å². The van der Waals surface area contributed by atoms with Gasteiger partial charge in [0.2, 0.25) is 5.91 Å². The summed E-state index contributed by atoms with van der Waals surface area (Å²) in [6.45, 7) is 1.49. The normalized spacial score (nSPS) is 11.7. The monoisotopic (exact) mass is 282 g/mol. The van der Waals surface area contributed by atoms with Crippen molar-refractivity contribution in [1.82, 2.24) is 5.32 Å². The summed E-state index contributed by atoms with van der Waals surface area (Å²) in [7, 11) is 0. The van der Waals surface area contributed by atoms with Crippen LogP contribution in [0.3, 0.4) is 0 Å². The van der Waals surface area contributed by atoms with E-state index in [4.69, 9.17) is 10.8 Å². The van der Waals surface area contributed by atoms with Crippen molar-refractivity contribution >= 4 is 17.8 Å². The lowest BCUT2D eigenvalue weighted by atomic mass is 10.1. The highest BCUT2D eigenvalue weighted by Crippen LogP contribution is 2.10. The van der Waals surface area contributed by atoms with Gasteiger partial charge in [-0.25, -0.2) is 9.18 Å². The van der Waals surface area contributed by atoms with E-state index in [0.29, 0.717) is 0 Å². The van der Waals surface area contributed by atoms with Crippen molar-refractivity contribution in [3.63, 3.8) is 0 Å². The molecule has 20 heavy (non-hydrogen) atoms. The van der Waals surface area contributed by atoms with E-state index in [2.05, 4.69) is 5.32 Å². The summed E-state index contributed by atoms with van der Waals surface area (Å²) in [5.41, 5.74) is 5.36. The molecule has 0 fully saturated rings. The maximum atomic E-state index is 13.1. The lowest BCUT2D eigenvalue weighted by Gasteiger charge is -2.14. The minimum atomic E-state index is -1.27. The predicted molar refractivity (Wildman–Crippen MR) is 68.5 cm³/mol. The molecule has 0 aliphatic carbocycles. The Morgan fingerprint density at radius 2 is 2.05 bits per heavy atom. The number of aryl methyl sites for hydroxylation is 1. The zero-order chi connectivity index (χ0) is 15.3. The first kappa shape index (κ1) is 15.6. The predicted octanol–water partition coefficient (Wildman–Crippen LogP) is 0.583. The molecule has 2 amide bonds. The molecule has 1 atom stereocenters. The lowest BCUT2D eigenvalue weighted by Crippen LogP contribution is -2.41. The summed E-state index contributed by atoms with van der Waals surface area (Å²) in [6, 6.07) is 2.48. The molecule has 0 aliphatic heterocycles. The van der Waals surface area contributed by atoms with Crippen LogP contribution in [0.5, 0.6) is 0 Å². The molecule has 0 radical (unpaired) electrons. The molecule has 4 N–H and O–H groups in total. The molecule has 1 rings (SSSR count). The van der Waals surface area contributed by atoms with E-state index in [-0.39, 0.29) is 24.0 Å². The zero-order valence-corrected chi connectivity index (χ0v) is 10.9. The molecule has 0 aliphatic rings. The van der Waals surface area contributed by atoms with Crippen molar-refractivity contribution in [3.05, 3.63) is 35.1 Å². The van der Waals surface area contributed by atoms with Crippen LogP contribution in [-0.2, 0) is 9.59 Å². The first-order chi connectivity index (χ1) is 9.31. The second-order valence-electron chi connectivity index (χ2n) is 4.33. The molecule has 1 aromatic rings. The van der Waals surface area contributed by atoms with Crippen LogP contribution >= 0.6 is 0 Å². The molecule has 0 bridgehead atoms. The molecule has 1 aromatic carbocycles. The first-order valence-electron chi connectivity index (χ1n) is 5.89. The Balaban J connectivity index is 2.77. The van der Waals surface area contributed by atoms with E-state index in [0.717, 1.165) is 6.07 Å². The number of rotatable bonds is 6. The number of carbonyl (C=O) groups is 3. The van der Waals surface area contributed by atoms with Crippen LogP contribution in [0.4, 0.5) is 4.39 Å². The van der Waals surface area contributed by atoms with Crippen molar-refractivity contribution in [3.8, 4) is 0 Å². The number of primary amides is 1. The van der Waals surface area contributed by atoms with Crippen molar-refractivity contribution < 1.29 is 23.9 Å². The Hall–Kier alpha value is -2.44. The summed E-state index contributed by atoms with van der Waals surface area (Å²) in [6.07, 6.45) is -0.254. The van der Waals surface area contributed by atoms with E-state index >= 15 is 0 Å². The van der Waals surface area contributed by atoms with Gasteiger partial charge in [-0.2, -0.15) is 0 Å². The summed E-state index contributed by atoms with van der Waals surface area (Å²) in [5, 5.41) is 11.2. The van der Waals surface area contributed by atoms with Crippen molar-refractivity contribution in [1.29, 1.82) is 0 Å². The fourth-order valence-corrected chi connectivity index (χ4v) is 1.57. The number of halogens is 1. The number of benzene rings is 1. The number of nitrogens with two attached hydrogens (primary N) is 1. The third-order valence-corrected chi connectivity index (χ3v) is 2.70. The molecule has 0 aromatic heterocycles. The minimum Gasteiger partial charge on any atom is -0.480 e. The molecule has 0 spiro atoms. The van der Waals surface area contributed by atoms with Crippen LogP contribution < -0.4 is 11.1 Å². The number of amides is 2. The van der Waals surface area contributed by atoms with Gasteiger partial charge in [-0.15, -0.1) is 0 Å². The fourth-order valence-electron chi connectivity index (χ4n) is 1.57. The van der Waals surface area contributed by atoms with Gasteiger partial charge in [0.25, 0.3) is 5.91 Å². The molecule has 6 nitrogen and oxygen atoms in total. The Morgan fingerprint density at radius 1 is 1.40 bits per heavy atom. The van der Waals surface area contributed by atoms with Crippen LogP contribution in [0.1, 0.15) is 28.8 Å². The summed E-state index contributed by atoms with van der Waals surface area (Å²) >= 11 is 0. The average Bonchev–Trinajstić information content (AvgIpc) is 2.36. The summed E-state index contributed by atoms with van der Waals surface area (Å²) in [4.78, 5) is 33.5. The molecule has 7 heteroatoms. The van der Waals surface area contributed by atoms with Crippen molar-refractivity contribution in [2.24, 2.45) is 5.73 Å². The number of hydrogen-bond acceptors (Lipinski definition) is 3. The topological polar surface area (TPSA) is 109 Å². The third kappa shape index (κ3) is 4.34. The number of carbonyl (C=O) groups excluding carboxylic acids is 2. The van der Waals surface area contributed by atoms with Gasteiger partial charge in [0, 0.05) is 12.0 Å². The fraction of sp³-hybridized carbons (Fsp3) is 0.308. The lowest BCUT2D eigenvalue weighted by molar-refractivity contribution is -0.139. The Labute approximate surface area is 114 Å². The van der Waals surface area contributed by atoms with Crippen LogP contribution in [0.2, 0.25) is 0 Å². The highest BCUT2D eigenvalue weighted by atomic mass is 19.1. The highest BCUT2D eigenvalue weighted by Gasteiger charge is 2.21. The summed E-state index contributed by atoms with van der Waals surface area (Å²) < 4.78 is 13.1. The second kappa shape index (κ2) is 6.65. The van der Waals surface area contributed by atoms with Gasteiger partial charge >= 0.3 is 5.97 Å². The van der Waals surface area contributed by atoms with Crippen molar-refractivity contribution in [2.75, 3.05) is 0 Å². The molecule has 108 valence electrons. The Bertz CT molecular complexity index is 545. The standard InChI is InChI=1S/C13H15FN2O4/c1-7-6-8(2-3-9(7)14)12(18)16-10(13(19)20)4-5-11(15)17/h2-3,6,10H,4-5H2,1H3,(H2,15,17)(H,16,18)(H,19,20)/t10-/m0/s1. The third-order valence-electron chi connectivity index (χ3n) is 2.70. The van der Waals surface area contributed by atoms with E-state index < -0.39 is 29.6 Å². The largest absolute Gasteiger partial charge is 0.480 e. The quantitative estimate of drug-likeness (QED) is 0.709. The van der Waals surface area contributed by atoms with Gasteiger partial charge in [0.15, 0.2) is 0 Å². The number of hydrogen-bond donors (Lipinski definition) is 3. The van der Waals surface area contributed by atoms with Crippen LogP contribution in [0, 0.1) is 12.7 Å². The van der Waals surface area contributed by atoms with E-state index in [1.165, 1.54) is 19.1 Å². The number of aliphatic carboxylic acids is 1. The molecule has 0 heterocycles. The van der Waals surface area contributed by atoms with E-state index in [1.807, 2.05) is 0 Å². The van der Waals surface area contributed by atoms with Crippen LogP contribution in [0.25, 0.3) is 0 Å². The number of nitrogens with one attached hydrogen (secondary N) is 1. The van der Waals surface area contributed by atoms with Gasteiger partial charge in [0.05, 0.1) is 0 Å². The van der Waals surface area contributed by atoms with Gasteiger partial charge in [-0.05, 0) is 37.1 Å². The second-order valence-corrected chi connectivity index (χ2v) is 4.33. The Morgan fingerprint density at radius 3 is 2.55 bits per heavy atom. The molecular formula is C13H15FN2O4. The minimum absolute atomic E-state index is 0.101. The molecular weight excluding hydrogens is 267 g/mol. The Kier molecular flexibility index (Phi) is 5.19. The number of carboxylic acids is 1. The van der Waals surface area contributed by atoms with Gasteiger partial charge < -0.3 is 16.2 Å². The maximum absolute atomic E-state index is 13.1. The zero-order valence-electron chi connectivity index (χ0n) is 10.9. The molecule has 0 saturated carbocycles. The van der Waals surface area contributed by atoms with Gasteiger partial charge in [0.1, 0.15) is 11.9 Å². The first-order valence-corrected chi connectivity index (χ1v) is 5.89. The van der Waals surface area contributed by atoms with Crippen LogP contribution in [0.15, 0.2) is 18.2 Å². The smallest absolute Gasteiger partial charge is 0.326 e. The summed E-state index contributed by atoms with van der Waals surface area (Å²) in [5.74, 6) is -3.02. The maximum Gasteiger partial charge on any atom is 0.326 e. The van der Waals surface area contributed by atoms with Gasteiger partial charge in [-0.1, -0.05) is 0 Å². The van der Waals surface area contributed by atoms with Crippen LogP contribution in [-0.4, -0.2) is 28.9 Å².